The van der Waals surface area contributed by atoms with E-state index in [1.165, 1.54) is 18.3 Å². The van der Waals surface area contributed by atoms with Crippen molar-refractivity contribution in [1.82, 2.24) is 4.98 Å². The van der Waals surface area contributed by atoms with Crippen molar-refractivity contribution in [3.63, 3.8) is 0 Å². The fraction of sp³-hybridized carbons (Fsp3) is 0.0833. The van der Waals surface area contributed by atoms with E-state index in [4.69, 9.17) is 4.74 Å². The van der Waals surface area contributed by atoms with Gasteiger partial charge in [0, 0.05) is 16.6 Å². The van der Waals surface area contributed by atoms with E-state index in [1.807, 2.05) is 35.7 Å². The normalized spacial score (nSPS) is 10.6. The van der Waals surface area contributed by atoms with Crippen molar-refractivity contribution < 1.29 is 19.1 Å². The number of hydrogen-bond donors (Lipinski definition) is 1. The van der Waals surface area contributed by atoms with Gasteiger partial charge in [0.1, 0.15) is 0 Å². The molecule has 1 N–H and O–H groups in total. The lowest BCUT2D eigenvalue weighted by molar-refractivity contribution is -0.119. The molecule has 4 aromatic rings. The number of amides is 1. The Kier molecular flexibility index (Phi) is 5.86. The van der Waals surface area contributed by atoms with Gasteiger partial charge >= 0.3 is 5.97 Å². The average Bonchev–Trinajstić information content (AvgIpc) is 3.32. The molecular weight excluding hydrogens is 412 g/mol. The lowest BCUT2D eigenvalue weighted by Crippen LogP contribution is -2.21. The Morgan fingerprint density at radius 2 is 1.77 bits per heavy atom. The molecule has 154 valence electrons. The third kappa shape index (κ3) is 4.67. The lowest BCUT2D eigenvalue weighted by Gasteiger charge is -2.10. The standard InChI is InChI=1S/C24H18N2O4S/c1-15(27)16-8-10-17(11-9-16)25-23(28)14-30-24(29)19-13-21(22-7-4-12-31-22)26-20-6-3-2-5-18(19)20/h2-13H,14H2,1H3,(H,25,28). The summed E-state index contributed by atoms with van der Waals surface area (Å²) in [5.41, 5.74) is 2.77. The van der Waals surface area contributed by atoms with E-state index in [1.54, 1.807) is 36.4 Å². The summed E-state index contributed by atoms with van der Waals surface area (Å²) in [5, 5.41) is 5.25. The maximum atomic E-state index is 12.8. The zero-order chi connectivity index (χ0) is 21.8. The molecule has 0 atom stereocenters. The lowest BCUT2D eigenvalue weighted by atomic mass is 10.1. The maximum absolute atomic E-state index is 12.8. The third-order valence-electron chi connectivity index (χ3n) is 4.62. The molecule has 0 aliphatic rings. The van der Waals surface area contributed by atoms with Gasteiger partial charge in [-0.05, 0) is 54.8 Å². The van der Waals surface area contributed by atoms with Gasteiger partial charge in [0.15, 0.2) is 12.4 Å². The van der Waals surface area contributed by atoms with Gasteiger partial charge in [0.25, 0.3) is 5.91 Å². The molecule has 31 heavy (non-hydrogen) atoms. The van der Waals surface area contributed by atoms with Crippen LogP contribution in [-0.2, 0) is 9.53 Å². The van der Waals surface area contributed by atoms with Crippen LogP contribution in [0, 0.1) is 0 Å². The number of benzene rings is 2. The summed E-state index contributed by atoms with van der Waals surface area (Å²) >= 11 is 1.53. The van der Waals surface area contributed by atoms with Gasteiger partial charge in [0.05, 0.1) is 21.7 Å². The summed E-state index contributed by atoms with van der Waals surface area (Å²) < 4.78 is 5.28. The summed E-state index contributed by atoms with van der Waals surface area (Å²) in [7, 11) is 0. The summed E-state index contributed by atoms with van der Waals surface area (Å²) in [4.78, 5) is 41.9. The average molecular weight is 430 g/mol. The molecule has 0 saturated heterocycles. The molecule has 0 radical (unpaired) electrons. The van der Waals surface area contributed by atoms with Gasteiger partial charge in [0.2, 0.25) is 0 Å². The monoisotopic (exact) mass is 430 g/mol. The second kappa shape index (κ2) is 8.89. The molecule has 4 rings (SSSR count). The topological polar surface area (TPSA) is 85.4 Å². The number of ketones is 1. The number of esters is 1. The van der Waals surface area contributed by atoms with E-state index in [0.29, 0.717) is 33.4 Å². The number of pyridine rings is 1. The largest absolute Gasteiger partial charge is 0.452 e. The fourth-order valence-electron chi connectivity index (χ4n) is 3.09. The third-order valence-corrected chi connectivity index (χ3v) is 5.51. The molecule has 7 heteroatoms. The second-order valence-electron chi connectivity index (χ2n) is 6.81. The van der Waals surface area contributed by atoms with Crippen LogP contribution in [0.1, 0.15) is 27.6 Å². The molecule has 2 aromatic heterocycles. The molecule has 0 bridgehead atoms. The minimum absolute atomic E-state index is 0.0571. The van der Waals surface area contributed by atoms with Gasteiger partial charge in [-0.25, -0.2) is 9.78 Å². The van der Waals surface area contributed by atoms with E-state index < -0.39 is 18.5 Å². The van der Waals surface area contributed by atoms with Crippen molar-refractivity contribution in [3.8, 4) is 10.6 Å². The Bertz CT molecular complexity index is 1260. The number of hydrogen-bond acceptors (Lipinski definition) is 6. The van der Waals surface area contributed by atoms with E-state index >= 15 is 0 Å². The number of carbonyl (C=O) groups is 3. The number of Topliss-reactive ketones (excluding diaryl/α,β-unsaturated/α-hetero) is 1. The van der Waals surface area contributed by atoms with Crippen molar-refractivity contribution in [2.75, 3.05) is 11.9 Å². The highest BCUT2D eigenvalue weighted by Crippen LogP contribution is 2.28. The Labute approximate surface area is 182 Å². The van der Waals surface area contributed by atoms with Crippen molar-refractivity contribution in [2.45, 2.75) is 6.92 Å². The zero-order valence-electron chi connectivity index (χ0n) is 16.6. The van der Waals surface area contributed by atoms with Gasteiger partial charge in [-0.2, -0.15) is 0 Å². The van der Waals surface area contributed by atoms with Crippen LogP contribution in [0.2, 0.25) is 0 Å². The Balaban J connectivity index is 1.49. The first kappa shape index (κ1) is 20.4. The highest BCUT2D eigenvalue weighted by molar-refractivity contribution is 7.13. The highest BCUT2D eigenvalue weighted by atomic mass is 32.1. The summed E-state index contributed by atoms with van der Waals surface area (Å²) in [6.07, 6.45) is 0. The van der Waals surface area contributed by atoms with Crippen molar-refractivity contribution in [1.29, 1.82) is 0 Å². The van der Waals surface area contributed by atoms with Gasteiger partial charge < -0.3 is 10.1 Å². The smallest absolute Gasteiger partial charge is 0.339 e. The van der Waals surface area contributed by atoms with Crippen LogP contribution in [0.25, 0.3) is 21.5 Å². The van der Waals surface area contributed by atoms with Crippen LogP contribution < -0.4 is 5.32 Å². The maximum Gasteiger partial charge on any atom is 0.339 e. The summed E-state index contributed by atoms with van der Waals surface area (Å²) in [5.74, 6) is -1.13. The van der Waals surface area contributed by atoms with Crippen molar-refractivity contribution in [2.24, 2.45) is 0 Å². The molecule has 0 saturated carbocycles. The molecule has 0 unspecified atom stereocenters. The van der Waals surface area contributed by atoms with Gasteiger partial charge in [-0.1, -0.05) is 24.3 Å². The molecular formula is C24H18N2O4S. The van der Waals surface area contributed by atoms with Gasteiger partial charge in [-0.3, -0.25) is 9.59 Å². The summed E-state index contributed by atoms with van der Waals surface area (Å²) in [6.45, 7) is 1.04. The first-order chi connectivity index (χ1) is 15.0. The quantitative estimate of drug-likeness (QED) is 0.345. The number of ether oxygens (including phenoxy) is 1. The predicted molar refractivity (Wildman–Crippen MR) is 120 cm³/mol. The number of para-hydroxylation sites is 1. The van der Waals surface area contributed by atoms with Crippen LogP contribution in [-0.4, -0.2) is 29.3 Å². The Morgan fingerprint density at radius 3 is 2.48 bits per heavy atom. The first-order valence-corrected chi connectivity index (χ1v) is 10.4. The number of rotatable bonds is 6. The van der Waals surface area contributed by atoms with E-state index in [-0.39, 0.29) is 5.78 Å². The number of nitrogens with one attached hydrogen (secondary N) is 1. The van der Waals surface area contributed by atoms with Crippen molar-refractivity contribution >= 4 is 45.6 Å². The number of thiophene rings is 1. The number of carbonyl (C=O) groups excluding carboxylic acids is 3. The minimum Gasteiger partial charge on any atom is -0.452 e. The molecule has 2 aromatic carbocycles. The number of nitrogens with zero attached hydrogens (tertiary/aromatic N) is 1. The molecule has 0 aliphatic heterocycles. The minimum atomic E-state index is -0.599. The number of fused-ring (bicyclic) bond motifs is 1. The molecule has 6 nitrogen and oxygen atoms in total. The van der Waals surface area contributed by atoms with Gasteiger partial charge in [-0.15, -0.1) is 11.3 Å². The Hall–Kier alpha value is -3.84. The van der Waals surface area contributed by atoms with Crippen LogP contribution in [0.15, 0.2) is 72.1 Å². The fourth-order valence-corrected chi connectivity index (χ4v) is 3.78. The molecule has 2 heterocycles. The Morgan fingerprint density at radius 1 is 1.00 bits per heavy atom. The summed E-state index contributed by atoms with van der Waals surface area (Å²) in [6, 6.07) is 19.3. The van der Waals surface area contributed by atoms with Crippen molar-refractivity contribution in [3.05, 3.63) is 83.2 Å². The van der Waals surface area contributed by atoms with E-state index in [2.05, 4.69) is 10.3 Å². The number of anilines is 1. The first-order valence-electron chi connectivity index (χ1n) is 9.53. The SMILES string of the molecule is CC(=O)c1ccc(NC(=O)COC(=O)c2cc(-c3cccs3)nc3ccccc23)cc1. The molecule has 0 fully saturated rings. The molecule has 1 amide bonds. The zero-order valence-corrected chi connectivity index (χ0v) is 17.4. The van der Waals surface area contributed by atoms with Crippen LogP contribution in [0.4, 0.5) is 5.69 Å². The number of aromatic nitrogens is 1. The molecule has 0 spiro atoms. The highest BCUT2D eigenvalue weighted by Gasteiger charge is 2.17. The second-order valence-corrected chi connectivity index (χ2v) is 7.76. The van der Waals surface area contributed by atoms with E-state index in [0.717, 1.165) is 4.88 Å². The predicted octanol–water partition coefficient (Wildman–Crippen LogP) is 4.96. The van der Waals surface area contributed by atoms with Crippen LogP contribution in [0.3, 0.4) is 0 Å². The van der Waals surface area contributed by atoms with Crippen LogP contribution >= 0.6 is 11.3 Å². The van der Waals surface area contributed by atoms with E-state index in [9.17, 15) is 14.4 Å². The van der Waals surface area contributed by atoms with Crippen LogP contribution in [0.5, 0.6) is 0 Å². The molecule has 0 aliphatic carbocycles.